The SMILES string of the molecule is Cc1ncsc1C(=O)O[C@@H]1[C@H](C)C[C@H]2[C@@H]3CCC4=CC(=O)C=C[C@]4(C)[C@H]3[C@@H](O)C[C@]12C(F)F. The molecule has 5 nitrogen and oxygen atoms in total. The number of fused-ring (bicyclic) bond motifs is 5. The number of aliphatic hydroxyl groups is 1. The lowest BCUT2D eigenvalue weighted by molar-refractivity contribution is -0.191. The van der Waals surface area contributed by atoms with E-state index in [0.29, 0.717) is 29.8 Å². The molecule has 4 aliphatic rings. The molecule has 0 bridgehead atoms. The first-order chi connectivity index (χ1) is 15.6. The number of ketones is 1. The van der Waals surface area contributed by atoms with Gasteiger partial charge in [0.05, 0.1) is 22.7 Å². The van der Waals surface area contributed by atoms with Gasteiger partial charge in [0, 0.05) is 11.3 Å². The molecule has 0 unspecified atom stereocenters. The van der Waals surface area contributed by atoms with Crippen LogP contribution in [-0.4, -0.2) is 40.5 Å². The molecular weight excluding hydrogens is 448 g/mol. The summed E-state index contributed by atoms with van der Waals surface area (Å²) in [7, 11) is 0. The number of halogens is 2. The Bertz CT molecular complexity index is 1050. The number of carbonyl (C=O) groups excluding carboxylic acids is 2. The lowest BCUT2D eigenvalue weighted by atomic mass is 9.47. The molecule has 4 aliphatic carbocycles. The van der Waals surface area contributed by atoms with Gasteiger partial charge in [0.1, 0.15) is 11.0 Å². The molecule has 0 amide bonds. The fourth-order valence-electron chi connectivity index (χ4n) is 7.57. The predicted molar refractivity (Wildman–Crippen MR) is 119 cm³/mol. The molecule has 8 heteroatoms. The first-order valence-corrected chi connectivity index (χ1v) is 12.5. The zero-order valence-electron chi connectivity index (χ0n) is 19.0. The molecule has 1 heterocycles. The second-order valence-electron chi connectivity index (χ2n) is 10.5. The number of rotatable bonds is 3. The Morgan fingerprint density at radius 2 is 2.15 bits per heavy atom. The third-order valence-corrected chi connectivity index (χ3v) is 9.84. The minimum atomic E-state index is -2.73. The quantitative estimate of drug-likeness (QED) is 0.636. The van der Waals surface area contributed by atoms with Crippen LogP contribution in [0.3, 0.4) is 0 Å². The number of carbonyl (C=O) groups is 2. The molecule has 8 atom stereocenters. The number of hydrogen-bond donors (Lipinski definition) is 1. The summed E-state index contributed by atoms with van der Waals surface area (Å²) in [6.45, 7) is 5.58. The van der Waals surface area contributed by atoms with Gasteiger partial charge in [0.25, 0.3) is 0 Å². The fraction of sp³-hybridized carbons (Fsp3) is 0.640. The van der Waals surface area contributed by atoms with Crippen molar-refractivity contribution in [3.63, 3.8) is 0 Å². The molecular formula is C25H29F2NO4S. The van der Waals surface area contributed by atoms with Crippen molar-refractivity contribution in [3.05, 3.63) is 39.9 Å². The van der Waals surface area contributed by atoms with Gasteiger partial charge in [-0.25, -0.2) is 18.6 Å². The third-order valence-electron chi connectivity index (χ3n) is 8.93. The van der Waals surface area contributed by atoms with Crippen LogP contribution in [0.1, 0.15) is 54.9 Å². The molecule has 0 radical (unpaired) electrons. The smallest absolute Gasteiger partial charge is 0.350 e. The molecule has 3 saturated carbocycles. The number of nitrogens with zero attached hydrogens (tertiary/aromatic N) is 1. The van der Waals surface area contributed by atoms with Gasteiger partial charge in [0.2, 0.25) is 6.43 Å². The standard InChI is InChI=1S/C25H29F2NO4S/c1-12-8-17-16-5-4-14-9-15(29)6-7-24(14,3)19(16)18(30)10-25(17,23(26)27)21(12)32-22(31)20-13(2)28-11-33-20/h6-7,9,11-12,16-19,21,23,30H,4-5,8,10H2,1-3H3/t12-,16+,17+,18+,19-,21-,24+,25-/m1/s1. The summed E-state index contributed by atoms with van der Waals surface area (Å²) < 4.78 is 35.8. The molecule has 33 heavy (non-hydrogen) atoms. The van der Waals surface area contributed by atoms with E-state index in [2.05, 4.69) is 4.98 Å². The van der Waals surface area contributed by atoms with Crippen molar-refractivity contribution in [2.75, 3.05) is 0 Å². The topological polar surface area (TPSA) is 76.5 Å². The van der Waals surface area contributed by atoms with Crippen LogP contribution in [0.2, 0.25) is 0 Å². The monoisotopic (exact) mass is 477 g/mol. The number of hydrogen-bond acceptors (Lipinski definition) is 6. The molecule has 1 aromatic heterocycles. The summed E-state index contributed by atoms with van der Waals surface area (Å²) in [4.78, 5) is 29.3. The fourth-order valence-corrected chi connectivity index (χ4v) is 8.25. The van der Waals surface area contributed by atoms with E-state index < -0.39 is 35.4 Å². The van der Waals surface area contributed by atoms with Crippen LogP contribution in [0, 0.1) is 41.4 Å². The van der Waals surface area contributed by atoms with Crippen molar-refractivity contribution >= 4 is 23.1 Å². The first kappa shape index (κ1) is 22.8. The van der Waals surface area contributed by atoms with Gasteiger partial charge in [-0.1, -0.05) is 25.5 Å². The maximum Gasteiger partial charge on any atom is 0.350 e. The number of aliphatic hydroxyl groups excluding tert-OH is 1. The molecule has 5 rings (SSSR count). The first-order valence-electron chi connectivity index (χ1n) is 11.6. The zero-order valence-corrected chi connectivity index (χ0v) is 19.8. The molecule has 0 saturated heterocycles. The maximum atomic E-state index is 15.0. The van der Waals surface area contributed by atoms with Crippen LogP contribution in [0.25, 0.3) is 0 Å². The second kappa shape index (κ2) is 7.80. The Balaban J connectivity index is 1.52. The van der Waals surface area contributed by atoms with Crippen LogP contribution < -0.4 is 0 Å². The number of thiazole rings is 1. The van der Waals surface area contributed by atoms with Gasteiger partial charge in [-0.15, -0.1) is 11.3 Å². The van der Waals surface area contributed by atoms with Crippen LogP contribution in [0.5, 0.6) is 0 Å². The van der Waals surface area contributed by atoms with Gasteiger partial charge < -0.3 is 9.84 Å². The summed E-state index contributed by atoms with van der Waals surface area (Å²) in [6.07, 6.45) is 2.06. The van der Waals surface area contributed by atoms with Gasteiger partial charge in [-0.05, 0) is 62.5 Å². The van der Waals surface area contributed by atoms with Gasteiger partial charge in [-0.3, -0.25) is 4.79 Å². The van der Waals surface area contributed by atoms with Crippen LogP contribution in [0.15, 0.2) is 29.3 Å². The highest BCUT2D eigenvalue weighted by Gasteiger charge is 2.69. The van der Waals surface area contributed by atoms with Crippen molar-refractivity contribution in [1.82, 2.24) is 4.98 Å². The minimum absolute atomic E-state index is 0.0621. The Morgan fingerprint density at radius 3 is 2.82 bits per heavy atom. The number of esters is 1. The normalized spacial score (nSPS) is 41.9. The lowest BCUT2D eigenvalue weighted by Crippen LogP contribution is -2.60. The van der Waals surface area contributed by atoms with Gasteiger partial charge in [-0.2, -0.15) is 0 Å². The Labute approximate surface area is 195 Å². The highest BCUT2D eigenvalue weighted by Crippen LogP contribution is 2.67. The summed E-state index contributed by atoms with van der Waals surface area (Å²) in [5.41, 5.74) is 0.943. The average molecular weight is 478 g/mol. The van der Waals surface area contributed by atoms with E-state index in [1.165, 1.54) is 6.08 Å². The Hall–Kier alpha value is -1.93. The van der Waals surface area contributed by atoms with E-state index in [0.717, 1.165) is 16.9 Å². The van der Waals surface area contributed by atoms with E-state index >= 15 is 0 Å². The van der Waals surface area contributed by atoms with E-state index in [9.17, 15) is 23.5 Å². The van der Waals surface area contributed by atoms with Crippen molar-refractivity contribution in [2.24, 2.45) is 34.5 Å². The molecule has 0 aliphatic heterocycles. The lowest BCUT2D eigenvalue weighted by Gasteiger charge is -2.58. The summed E-state index contributed by atoms with van der Waals surface area (Å²) in [5, 5.41) is 11.4. The largest absolute Gasteiger partial charge is 0.457 e. The highest BCUT2D eigenvalue weighted by molar-refractivity contribution is 7.11. The van der Waals surface area contributed by atoms with E-state index in [1.54, 1.807) is 18.5 Å². The molecule has 1 aromatic rings. The van der Waals surface area contributed by atoms with E-state index in [4.69, 9.17) is 4.74 Å². The number of aromatic nitrogens is 1. The summed E-state index contributed by atoms with van der Waals surface area (Å²) in [5.74, 6) is -1.68. The maximum absolute atomic E-state index is 15.0. The second-order valence-corrected chi connectivity index (χ2v) is 11.4. The number of allylic oxidation sites excluding steroid dienone is 4. The minimum Gasteiger partial charge on any atom is -0.457 e. The van der Waals surface area contributed by atoms with Crippen molar-refractivity contribution in [2.45, 2.75) is 65.1 Å². The van der Waals surface area contributed by atoms with Gasteiger partial charge in [0.15, 0.2) is 5.78 Å². The average Bonchev–Trinajstić information content (AvgIpc) is 3.30. The Morgan fingerprint density at radius 1 is 1.39 bits per heavy atom. The summed E-state index contributed by atoms with van der Waals surface area (Å²) in [6, 6.07) is 0. The number of ether oxygens (including phenoxy) is 1. The van der Waals surface area contributed by atoms with E-state index in [1.807, 2.05) is 19.9 Å². The van der Waals surface area contributed by atoms with Crippen molar-refractivity contribution in [1.29, 1.82) is 0 Å². The third kappa shape index (κ3) is 3.20. The molecule has 178 valence electrons. The molecule has 0 aromatic carbocycles. The van der Waals surface area contributed by atoms with Crippen molar-refractivity contribution < 1.29 is 28.2 Å². The van der Waals surface area contributed by atoms with E-state index in [-0.39, 0.29) is 35.9 Å². The molecule has 1 N–H and O–H groups in total. The zero-order chi connectivity index (χ0) is 23.7. The van der Waals surface area contributed by atoms with Gasteiger partial charge >= 0.3 is 5.97 Å². The molecule has 0 spiro atoms. The summed E-state index contributed by atoms with van der Waals surface area (Å²) >= 11 is 1.15. The van der Waals surface area contributed by atoms with Crippen LogP contribution in [0.4, 0.5) is 8.78 Å². The van der Waals surface area contributed by atoms with Crippen LogP contribution >= 0.6 is 11.3 Å². The molecule has 3 fully saturated rings. The van der Waals surface area contributed by atoms with Crippen molar-refractivity contribution in [3.8, 4) is 0 Å². The predicted octanol–water partition coefficient (Wildman–Crippen LogP) is 4.75. The number of alkyl halides is 2. The number of aryl methyl sites for hydroxylation is 1. The van der Waals surface area contributed by atoms with Crippen LogP contribution in [-0.2, 0) is 9.53 Å². The highest BCUT2D eigenvalue weighted by atomic mass is 32.1. The Kier molecular flexibility index (Phi) is 5.40.